The van der Waals surface area contributed by atoms with Crippen LogP contribution in [0.1, 0.15) is 59.0 Å². The first-order valence-corrected chi connectivity index (χ1v) is 13.2. The smallest absolute Gasteiger partial charge is 0.261 e. The molecule has 1 aliphatic carbocycles. The van der Waals surface area contributed by atoms with Gasteiger partial charge in [-0.2, -0.15) is 0 Å². The number of anilines is 2. The average molecular weight is 533 g/mol. The Morgan fingerprint density at radius 2 is 1.95 bits per heavy atom. The SMILES string of the molecule is [C-]#[N+]c1ccc(N2C(=O)C(C)(C)N(c3ccc(CNC(=O)c4sccc4C4CC4)c(F)c3)C2=S)cc1C. The molecule has 0 spiro atoms. The molecule has 1 aromatic heterocycles. The van der Waals surface area contributed by atoms with Crippen molar-refractivity contribution < 1.29 is 14.0 Å². The van der Waals surface area contributed by atoms with E-state index < -0.39 is 11.4 Å². The zero-order valence-electron chi connectivity index (χ0n) is 20.7. The average Bonchev–Trinajstić information content (AvgIpc) is 3.55. The maximum Gasteiger partial charge on any atom is 0.261 e. The highest BCUT2D eigenvalue weighted by Crippen LogP contribution is 2.43. The van der Waals surface area contributed by atoms with Crippen LogP contribution in [-0.4, -0.2) is 22.5 Å². The summed E-state index contributed by atoms with van der Waals surface area (Å²) in [5, 5.41) is 4.99. The molecule has 2 aromatic carbocycles. The Kier molecular flexibility index (Phi) is 6.34. The second-order valence-corrected chi connectivity index (χ2v) is 11.1. The van der Waals surface area contributed by atoms with Gasteiger partial charge < -0.3 is 10.2 Å². The Balaban J connectivity index is 1.36. The number of nitrogens with zero attached hydrogens (tertiary/aromatic N) is 3. The van der Waals surface area contributed by atoms with Crippen molar-refractivity contribution >= 4 is 57.5 Å². The molecule has 1 saturated carbocycles. The zero-order chi connectivity index (χ0) is 26.5. The highest BCUT2D eigenvalue weighted by Gasteiger charge is 2.50. The minimum Gasteiger partial charge on any atom is -0.347 e. The Morgan fingerprint density at radius 3 is 2.59 bits per heavy atom. The standard InChI is InChI=1S/C28H25FN4O2S2/c1-16-13-19(9-10-23(16)30-4)32-26(35)28(2,3)33(27(32)36)20-8-7-18(22(29)14-20)15-31-25(34)24-21(11-12-37-24)17-5-6-17/h7-14,17H,5-6,15H2,1-3H3,(H,31,34). The predicted molar refractivity (Wildman–Crippen MR) is 148 cm³/mol. The fraction of sp³-hybridized carbons (Fsp3) is 0.286. The van der Waals surface area contributed by atoms with Crippen LogP contribution in [-0.2, 0) is 11.3 Å². The third kappa shape index (κ3) is 4.41. The number of carbonyl (C=O) groups excluding carboxylic acids is 2. The van der Waals surface area contributed by atoms with Crippen molar-refractivity contribution in [1.29, 1.82) is 0 Å². The minimum atomic E-state index is -1.05. The minimum absolute atomic E-state index is 0.0541. The summed E-state index contributed by atoms with van der Waals surface area (Å²) in [5.74, 6) is -0.463. The van der Waals surface area contributed by atoms with Gasteiger partial charge in [0.05, 0.1) is 11.4 Å². The molecule has 0 bridgehead atoms. The number of hydrogen-bond acceptors (Lipinski definition) is 4. The summed E-state index contributed by atoms with van der Waals surface area (Å²) in [6.07, 6.45) is 2.21. The van der Waals surface area contributed by atoms with Gasteiger partial charge in [0.1, 0.15) is 11.4 Å². The number of aryl methyl sites for hydroxylation is 1. The Bertz CT molecular complexity index is 1490. The fourth-order valence-corrected chi connectivity index (χ4v) is 6.08. The van der Waals surface area contributed by atoms with Crippen molar-refractivity contribution in [3.63, 3.8) is 0 Å². The van der Waals surface area contributed by atoms with Crippen LogP contribution in [0.3, 0.4) is 0 Å². The molecular formula is C28H25FN4O2S2. The van der Waals surface area contributed by atoms with Crippen molar-refractivity contribution in [2.75, 3.05) is 9.80 Å². The molecule has 2 fully saturated rings. The maximum atomic E-state index is 15.2. The predicted octanol–water partition coefficient (Wildman–Crippen LogP) is 6.47. The summed E-state index contributed by atoms with van der Waals surface area (Å²) in [6, 6.07) is 11.8. The summed E-state index contributed by atoms with van der Waals surface area (Å²) < 4.78 is 15.2. The number of nitrogens with one attached hydrogen (secondary N) is 1. The summed E-state index contributed by atoms with van der Waals surface area (Å²) >= 11 is 7.10. The van der Waals surface area contributed by atoms with Crippen molar-refractivity contribution in [2.45, 2.75) is 51.6 Å². The third-order valence-electron chi connectivity index (χ3n) is 6.88. The van der Waals surface area contributed by atoms with E-state index in [1.165, 1.54) is 22.3 Å². The molecule has 188 valence electrons. The molecular weight excluding hydrogens is 507 g/mol. The fourth-order valence-electron chi connectivity index (χ4n) is 4.65. The van der Waals surface area contributed by atoms with Gasteiger partial charge in [0.2, 0.25) is 0 Å². The number of carbonyl (C=O) groups is 2. The first-order valence-electron chi connectivity index (χ1n) is 11.9. The second-order valence-electron chi connectivity index (χ2n) is 9.84. The lowest BCUT2D eigenvalue weighted by molar-refractivity contribution is -0.120. The number of halogens is 1. The molecule has 0 atom stereocenters. The maximum absolute atomic E-state index is 15.2. The topological polar surface area (TPSA) is 57.0 Å². The Morgan fingerprint density at radius 1 is 1.22 bits per heavy atom. The molecule has 1 saturated heterocycles. The van der Waals surface area contributed by atoms with Crippen LogP contribution in [0.15, 0.2) is 47.8 Å². The van der Waals surface area contributed by atoms with Crippen LogP contribution in [0.4, 0.5) is 21.5 Å². The molecule has 6 nitrogen and oxygen atoms in total. The van der Waals surface area contributed by atoms with Gasteiger partial charge in [0.25, 0.3) is 11.8 Å². The van der Waals surface area contributed by atoms with E-state index in [-0.39, 0.29) is 23.5 Å². The number of thiocarbonyl (C=S) groups is 1. The summed E-state index contributed by atoms with van der Waals surface area (Å²) in [5.41, 5.74) is 2.63. The largest absolute Gasteiger partial charge is 0.347 e. The van der Waals surface area contributed by atoms with Crippen LogP contribution >= 0.6 is 23.6 Å². The highest BCUT2D eigenvalue weighted by molar-refractivity contribution is 7.81. The molecule has 0 radical (unpaired) electrons. The number of rotatable bonds is 6. The van der Waals surface area contributed by atoms with Crippen molar-refractivity contribution in [2.24, 2.45) is 0 Å². The van der Waals surface area contributed by atoms with Gasteiger partial charge in [0.15, 0.2) is 10.8 Å². The lowest BCUT2D eigenvalue weighted by Crippen LogP contribution is -2.44. The van der Waals surface area contributed by atoms with E-state index in [4.69, 9.17) is 18.8 Å². The van der Waals surface area contributed by atoms with Crippen molar-refractivity contribution in [1.82, 2.24) is 5.32 Å². The van der Waals surface area contributed by atoms with Crippen LogP contribution < -0.4 is 15.1 Å². The van der Waals surface area contributed by atoms with Gasteiger partial charge in [-0.3, -0.25) is 14.5 Å². The van der Waals surface area contributed by atoms with Gasteiger partial charge in [-0.05, 0) is 98.6 Å². The van der Waals surface area contributed by atoms with Gasteiger partial charge in [-0.1, -0.05) is 12.1 Å². The van der Waals surface area contributed by atoms with Crippen LogP contribution in [0.2, 0.25) is 0 Å². The third-order valence-corrected chi connectivity index (χ3v) is 8.17. The monoisotopic (exact) mass is 532 g/mol. The first kappa shape index (κ1) is 25.1. The van der Waals surface area contributed by atoms with Gasteiger partial charge >= 0.3 is 0 Å². The van der Waals surface area contributed by atoms with Gasteiger partial charge in [-0.25, -0.2) is 9.24 Å². The molecule has 2 heterocycles. The zero-order valence-corrected chi connectivity index (χ0v) is 22.3. The lowest BCUT2D eigenvalue weighted by atomic mass is 10.0. The van der Waals surface area contributed by atoms with E-state index >= 15 is 4.39 Å². The summed E-state index contributed by atoms with van der Waals surface area (Å²) in [6.45, 7) is 12.6. The van der Waals surface area contributed by atoms with Crippen molar-refractivity contribution in [3.8, 4) is 0 Å². The molecule has 3 aromatic rings. The molecule has 2 aliphatic rings. The Labute approximate surface area is 224 Å². The molecule has 1 aliphatic heterocycles. The molecule has 2 amide bonds. The van der Waals surface area contributed by atoms with Gasteiger partial charge in [0, 0.05) is 23.5 Å². The molecule has 0 unspecified atom stereocenters. The quantitative estimate of drug-likeness (QED) is 0.292. The van der Waals surface area contributed by atoms with E-state index in [0.29, 0.717) is 33.4 Å². The van der Waals surface area contributed by atoms with E-state index in [0.717, 1.165) is 24.0 Å². The van der Waals surface area contributed by atoms with Crippen LogP contribution in [0.25, 0.3) is 4.85 Å². The molecule has 1 N–H and O–H groups in total. The molecule has 37 heavy (non-hydrogen) atoms. The van der Waals surface area contributed by atoms with Gasteiger partial charge in [-0.15, -0.1) is 11.3 Å². The normalized spacial score (nSPS) is 16.7. The van der Waals surface area contributed by atoms with E-state index in [1.807, 2.05) is 18.4 Å². The van der Waals surface area contributed by atoms with E-state index in [9.17, 15) is 9.59 Å². The summed E-state index contributed by atoms with van der Waals surface area (Å²) in [4.78, 5) is 33.4. The number of hydrogen-bond donors (Lipinski definition) is 1. The highest BCUT2D eigenvalue weighted by atomic mass is 32.1. The van der Waals surface area contributed by atoms with E-state index in [1.54, 1.807) is 49.1 Å². The second kappa shape index (κ2) is 9.36. The van der Waals surface area contributed by atoms with E-state index in [2.05, 4.69) is 10.2 Å². The van der Waals surface area contributed by atoms with Crippen LogP contribution in [0, 0.1) is 19.3 Å². The molecule has 9 heteroatoms. The number of thiophene rings is 1. The first-order chi connectivity index (χ1) is 17.6. The van der Waals surface area contributed by atoms with Crippen LogP contribution in [0.5, 0.6) is 0 Å². The lowest BCUT2D eigenvalue weighted by Gasteiger charge is -2.29. The Hall–Kier alpha value is -3.61. The number of amides is 2. The molecule has 5 rings (SSSR count). The number of benzene rings is 2. The van der Waals surface area contributed by atoms with Crippen molar-refractivity contribution in [3.05, 3.63) is 86.6 Å². The summed E-state index contributed by atoms with van der Waals surface area (Å²) in [7, 11) is 0.